The van der Waals surface area contributed by atoms with Crippen molar-refractivity contribution < 1.29 is 0 Å². The van der Waals surface area contributed by atoms with E-state index >= 15 is 0 Å². The summed E-state index contributed by atoms with van der Waals surface area (Å²) in [5, 5.41) is 3.42. The topological polar surface area (TPSA) is 36.2 Å². The smallest absolute Gasteiger partial charge is 0.0881 e. The molecular weight excluding hydrogens is 136 g/mol. The predicted molar refractivity (Wildman–Crippen MR) is 45.5 cm³/mol. The highest BCUT2D eigenvalue weighted by Gasteiger charge is 1.98. The zero-order valence-electron chi connectivity index (χ0n) is 7.10. The van der Waals surface area contributed by atoms with Crippen LogP contribution >= 0.6 is 0 Å². The molecule has 0 bridgehead atoms. The Morgan fingerprint density at radius 2 is 1.55 bits per heavy atom. The van der Waals surface area contributed by atoms with Crippen LogP contribution in [0.5, 0.6) is 0 Å². The van der Waals surface area contributed by atoms with Crippen molar-refractivity contribution in [3.63, 3.8) is 0 Å². The van der Waals surface area contributed by atoms with Gasteiger partial charge in [0.1, 0.15) is 0 Å². The van der Waals surface area contributed by atoms with E-state index in [1.165, 1.54) is 11.1 Å². The van der Waals surface area contributed by atoms with Crippen molar-refractivity contribution >= 4 is 5.69 Å². The van der Waals surface area contributed by atoms with Crippen molar-refractivity contribution in [1.29, 1.82) is 5.53 Å². The van der Waals surface area contributed by atoms with E-state index in [0.717, 1.165) is 11.3 Å². The zero-order valence-corrected chi connectivity index (χ0v) is 7.10. The molecule has 1 aromatic carbocycles. The molecule has 1 aromatic rings. The van der Waals surface area contributed by atoms with E-state index in [4.69, 9.17) is 5.53 Å². The summed E-state index contributed by atoms with van der Waals surface area (Å²) in [4.78, 5) is 0. The average Bonchev–Trinajstić information content (AvgIpc) is 1.97. The van der Waals surface area contributed by atoms with E-state index < -0.39 is 0 Å². The third kappa shape index (κ3) is 1.45. The first-order valence-electron chi connectivity index (χ1n) is 3.60. The standard InChI is InChI=1S/C9H12N2/c1-6-4-8(3)9(11-10)5-7(6)2/h4-5,10H,1-3H3. The first-order valence-corrected chi connectivity index (χ1v) is 3.60. The third-order valence-electron chi connectivity index (χ3n) is 1.93. The van der Waals surface area contributed by atoms with Gasteiger partial charge in [0, 0.05) is 0 Å². The van der Waals surface area contributed by atoms with Crippen molar-refractivity contribution in [1.82, 2.24) is 0 Å². The Morgan fingerprint density at radius 3 is 2.09 bits per heavy atom. The monoisotopic (exact) mass is 148 g/mol. The summed E-state index contributed by atoms with van der Waals surface area (Å²) in [6, 6.07) is 4.00. The van der Waals surface area contributed by atoms with Gasteiger partial charge in [0.25, 0.3) is 0 Å². The van der Waals surface area contributed by atoms with Crippen LogP contribution in [-0.4, -0.2) is 0 Å². The number of nitrogens with zero attached hydrogens (tertiary/aromatic N) is 1. The minimum atomic E-state index is 0.771. The molecule has 0 unspecified atom stereocenters. The summed E-state index contributed by atoms with van der Waals surface area (Å²) in [7, 11) is 0. The molecule has 0 fully saturated rings. The Labute approximate surface area is 66.8 Å². The highest BCUT2D eigenvalue weighted by Crippen LogP contribution is 2.21. The normalized spacial score (nSPS) is 9.73. The second-order valence-corrected chi connectivity index (χ2v) is 2.83. The zero-order chi connectivity index (χ0) is 8.43. The molecule has 1 N–H and O–H groups in total. The SMILES string of the molecule is Cc1cc(C)c(N=N)cc1C. The lowest BCUT2D eigenvalue weighted by Crippen LogP contribution is -1.82. The number of nitrogens with one attached hydrogen (secondary N) is 1. The second-order valence-electron chi connectivity index (χ2n) is 2.83. The Balaban J connectivity index is 3.31. The quantitative estimate of drug-likeness (QED) is 0.593. The number of hydrogen-bond donors (Lipinski definition) is 1. The Bertz CT molecular complexity index is 290. The Morgan fingerprint density at radius 1 is 1.00 bits per heavy atom. The van der Waals surface area contributed by atoms with Gasteiger partial charge in [-0.3, -0.25) is 0 Å². The molecule has 2 nitrogen and oxygen atoms in total. The molecule has 11 heavy (non-hydrogen) atoms. The molecule has 0 saturated heterocycles. The van der Waals surface area contributed by atoms with E-state index in [1.807, 2.05) is 19.9 Å². The third-order valence-corrected chi connectivity index (χ3v) is 1.93. The summed E-state index contributed by atoms with van der Waals surface area (Å²) in [6.07, 6.45) is 0. The lowest BCUT2D eigenvalue weighted by molar-refractivity contribution is 1.12. The first kappa shape index (κ1) is 7.92. The van der Waals surface area contributed by atoms with Crippen molar-refractivity contribution in [2.75, 3.05) is 0 Å². The largest absolute Gasteiger partial charge is 0.204 e. The summed E-state index contributed by atoms with van der Waals surface area (Å²) in [6.45, 7) is 6.07. The molecular formula is C9H12N2. The number of rotatable bonds is 1. The van der Waals surface area contributed by atoms with Crippen molar-refractivity contribution in [2.24, 2.45) is 5.11 Å². The minimum Gasteiger partial charge on any atom is -0.204 e. The summed E-state index contributed by atoms with van der Waals surface area (Å²) >= 11 is 0. The van der Waals surface area contributed by atoms with Crippen LogP contribution < -0.4 is 0 Å². The van der Waals surface area contributed by atoms with Crippen LogP contribution in [0.25, 0.3) is 0 Å². The van der Waals surface area contributed by atoms with Crippen molar-refractivity contribution in [3.8, 4) is 0 Å². The highest BCUT2D eigenvalue weighted by molar-refractivity contribution is 5.49. The Kier molecular flexibility index (Phi) is 2.03. The van der Waals surface area contributed by atoms with Gasteiger partial charge in [-0.25, -0.2) is 5.53 Å². The molecule has 0 saturated carbocycles. The lowest BCUT2D eigenvalue weighted by atomic mass is 10.1. The molecule has 0 aliphatic carbocycles. The summed E-state index contributed by atoms with van der Waals surface area (Å²) < 4.78 is 0. The number of aryl methyl sites for hydroxylation is 3. The molecule has 0 amide bonds. The molecule has 0 atom stereocenters. The molecule has 0 aliphatic rings. The van der Waals surface area contributed by atoms with Gasteiger partial charge in [-0.2, -0.15) is 5.11 Å². The van der Waals surface area contributed by atoms with Crippen LogP contribution in [0.3, 0.4) is 0 Å². The maximum absolute atomic E-state index is 6.88. The highest BCUT2D eigenvalue weighted by atomic mass is 15.0. The van der Waals surface area contributed by atoms with Crippen LogP contribution in [-0.2, 0) is 0 Å². The van der Waals surface area contributed by atoms with Gasteiger partial charge in [0.05, 0.1) is 5.69 Å². The van der Waals surface area contributed by atoms with Gasteiger partial charge in [-0.05, 0) is 43.5 Å². The predicted octanol–water partition coefficient (Wildman–Crippen LogP) is 3.27. The fourth-order valence-corrected chi connectivity index (χ4v) is 1.07. The molecule has 0 heterocycles. The molecule has 1 rings (SSSR count). The van der Waals surface area contributed by atoms with E-state index in [1.54, 1.807) is 0 Å². The first-order chi connectivity index (χ1) is 5.15. The molecule has 58 valence electrons. The van der Waals surface area contributed by atoms with Gasteiger partial charge in [0.15, 0.2) is 0 Å². The molecule has 0 aromatic heterocycles. The summed E-state index contributed by atoms with van der Waals surface area (Å²) in [5.41, 5.74) is 11.2. The summed E-state index contributed by atoms with van der Waals surface area (Å²) in [5.74, 6) is 0. The van der Waals surface area contributed by atoms with Crippen molar-refractivity contribution in [3.05, 3.63) is 28.8 Å². The maximum atomic E-state index is 6.88. The van der Waals surface area contributed by atoms with Crippen LogP contribution in [0.1, 0.15) is 16.7 Å². The van der Waals surface area contributed by atoms with Crippen LogP contribution in [0.15, 0.2) is 17.2 Å². The van der Waals surface area contributed by atoms with Gasteiger partial charge in [-0.15, -0.1) is 0 Å². The molecule has 0 spiro atoms. The number of benzene rings is 1. The molecule has 2 heteroatoms. The number of hydrogen-bond acceptors (Lipinski definition) is 2. The fourth-order valence-electron chi connectivity index (χ4n) is 1.07. The van der Waals surface area contributed by atoms with Crippen molar-refractivity contribution in [2.45, 2.75) is 20.8 Å². The molecule has 0 radical (unpaired) electrons. The molecule has 0 aliphatic heterocycles. The second kappa shape index (κ2) is 2.82. The van der Waals surface area contributed by atoms with Gasteiger partial charge < -0.3 is 0 Å². The van der Waals surface area contributed by atoms with Crippen LogP contribution in [0.4, 0.5) is 5.69 Å². The maximum Gasteiger partial charge on any atom is 0.0881 e. The average molecular weight is 148 g/mol. The fraction of sp³-hybridized carbons (Fsp3) is 0.333. The Hall–Kier alpha value is -1.18. The van der Waals surface area contributed by atoms with E-state index in [-0.39, 0.29) is 0 Å². The van der Waals surface area contributed by atoms with E-state index in [9.17, 15) is 0 Å². The van der Waals surface area contributed by atoms with Gasteiger partial charge >= 0.3 is 0 Å². The minimum absolute atomic E-state index is 0.771. The van der Waals surface area contributed by atoms with E-state index in [0.29, 0.717) is 0 Å². The van der Waals surface area contributed by atoms with Crippen LogP contribution in [0.2, 0.25) is 0 Å². The van der Waals surface area contributed by atoms with E-state index in [2.05, 4.69) is 18.1 Å². The van der Waals surface area contributed by atoms with Crippen LogP contribution in [0, 0.1) is 26.3 Å². The lowest BCUT2D eigenvalue weighted by Gasteiger charge is -2.03. The van der Waals surface area contributed by atoms with Gasteiger partial charge in [0.2, 0.25) is 0 Å². The van der Waals surface area contributed by atoms with Gasteiger partial charge in [-0.1, -0.05) is 6.07 Å².